The van der Waals surface area contributed by atoms with E-state index < -0.39 is 17.6 Å². The van der Waals surface area contributed by atoms with Crippen LogP contribution in [0.3, 0.4) is 0 Å². The van der Waals surface area contributed by atoms with Crippen LogP contribution < -0.4 is 0 Å². The molecule has 0 saturated carbocycles. The average Bonchev–Trinajstić information content (AvgIpc) is 3.21. The summed E-state index contributed by atoms with van der Waals surface area (Å²) in [6.45, 7) is 5.94. The van der Waals surface area contributed by atoms with Gasteiger partial charge in [0.1, 0.15) is 11.6 Å². The molecule has 0 bridgehead atoms. The highest BCUT2D eigenvalue weighted by Crippen LogP contribution is 2.29. The molecule has 0 aliphatic carbocycles. The molecule has 158 valence electrons. The molecule has 5 nitrogen and oxygen atoms in total. The van der Waals surface area contributed by atoms with Crippen LogP contribution >= 0.6 is 0 Å². The van der Waals surface area contributed by atoms with Gasteiger partial charge in [0.05, 0.1) is 5.92 Å². The Kier molecular flexibility index (Phi) is 6.70. The topological polar surface area (TPSA) is 63.7 Å². The fourth-order valence-corrected chi connectivity index (χ4v) is 3.81. The number of hydrogen-bond acceptors (Lipinski definition) is 4. The summed E-state index contributed by atoms with van der Waals surface area (Å²) >= 11 is 0. The van der Waals surface area contributed by atoms with Crippen molar-refractivity contribution in [3.8, 4) is 0 Å². The van der Waals surface area contributed by atoms with Crippen molar-refractivity contribution in [1.29, 1.82) is 0 Å². The molecule has 1 fully saturated rings. The van der Waals surface area contributed by atoms with Crippen LogP contribution in [0.5, 0.6) is 0 Å². The maximum Gasteiger partial charge on any atom is 0.329 e. The molecule has 0 N–H and O–H groups in total. The third-order valence-electron chi connectivity index (χ3n) is 5.20. The molecule has 3 rings (SSSR count). The lowest BCUT2D eigenvalue weighted by Crippen LogP contribution is -2.45. The van der Waals surface area contributed by atoms with Gasteiger partial charge in [-0.15, -0.1) is 0 Å². The van der Waals surface area contributed by atoms with Crippen LogP contribution in [0.2, 0.25) is 0 Å². The second-order valence-electron chi connectivity index (χ2n) is 8.68. The number of benzene rings is 2. The van der Waals surface area contributed by atoms with Gasteiger partial charge in [-0.25, -0.2) is 4.79 Å². The van der Waals surface area contributed by atoms with E-state index in [1.54, 1.807) is 17.0 Å². The zero-order valence-corrected chi connectivity index (χ0v) is 17.8. The van der Waals surface area contributed by atoms with Crippen LogP contribution in [0.1, 0.15) is 61.9 Å². The monoisotopic (exact) mass is 407 g/mol. The summed E-state index contributed by atoms with van der Waals surface area (Å²) in [5.74, 6) is -1.30. The lowest BCUT2D eigenvalue weighted by molar-refractivity contribution is -0.163. The Morgan fingerprint density at radius 3 is 2.20 bits per heavy atom. The number of rotatable bonds is 6. The van der Waals surface area contributed by atoms with Crippen LogP contribution in [0.15, 0.2) is 60.7 Å². The molecule has 2 aromatic carbocycles. The van der Waals surface area contributed by atoms with Crippen molar-refractivity contribution in [3.63, 3.8) is 0 Å². The van der Waals surface area contributed by atoms with Gasteiger partial charge in [-0.1, -0.05) is 60.7 Å². The molecular weight excluding hydrogens is 378 g/mol. The Bertz CT molecular complexity index is 886. The quantitative estimate of drug-likeness (QED) is 0.527. The highest BCUT2D eigenvalue weighted by molar-refractivity contribution is 6.00. The minimum Gasteiger partial charge on any atom is -0.458 e. The summed E-state index contributed by atoms with van der Waals surface area (Å²) in [6.07, 6.45) is 1.38. The summed E-state index contributed by atoms with van der Waals surface area (Å²) < 4.78 is 5.54. The lowest BCUT2D eigenvalue weighted by atomic mass is 9.90. The van der Waals surface area contributed by atoms with Crippen molar-refractivity contribution in [3.05, 3.63) is 71.8 Å². The molecule has 5 heteroatoms. The van der Waals surface area contributed by atoms with Crippen molar-refractivity contribution in [1.82, 2.24) is 4.90 Å². The Hall–Kier alpha value is -2.95. The fraction of sp³-hybridized carbons (Fsp3) is 0.400. The first kappa shape index (κ1) is 21.8. The summed E-state index contributed by atoms with van der Waals surface area (Å²) in [5.41, 5.74) is 0.745. The van der Waals surface area contributed by atoms with E-state index in [-0.39, 0.29) is 24.1 Å². The third kappa shape index (κ3) is 5.35. The number of nitrogens with zero attached hydrogens (tertiary/aromatic N) is 1. The summed E-state index contributed by atoms with van der Waals surface area (Å²) in [5, 5.41) is 0. The zero-order valence-electron chi connectivity index (χ0n) is 17.8. The van der Waals surface area contributed by atoms with Gasteiger partial charge in [0.2, 0.25) is 5.91 Å². The Labute approximate surface area is 178 Å². The number of ketones is 1. The largest absolute Gasteiger partial charge is 0.458 e. The number of hydrogen-bond donors (Lipinski definition) is 0. The highest BCUT2D eigenvalue weighted by Gasteiger charge is 2.40. The second-order valence-corrected chi connectivity index (χ2v) is 8.68. The van der Waals surface area contributed by atoms with E-state index in [1.165, 1.54) is 0 Å². The first-order chi connectivity index (χ1) is 14.3. The molecular formula is C25H29NO4. The number of carbonyl (C=O) groups excluding carboxylic acids is 3. The van der Waals surface area contributed by atoms with Gasteiger partial charge in [0, 0.05) is 18.5 Å². The van der Waals surface area contributed by atoms with Crippen LogP contribution in [-0.2, 0) is 14.3 Å². The standard InChI is InChI=1S/C25H29NO4/c1-25(2,3)30-24(29)21-15-10-16-26(21)23(28)20(18-11-6-4-7-12-18)17-22(27)19-13-8-5-9-14-19/h4-9,11-14,20-21H,10,15-17H2,1-3H3/t20?,21-/m0/s1. The van der Waals surface area contributed by atoms with E-state index in [9.17, 15) is 14.4 Å². The van der Waals surface area contributed by atoms with Gasteiger partial charge < -0.3 is 9.64 Å². The van der Waals surface area contributed by atoms with Gasteiger partial charge in [0.25, 0.3) is 0 Å². The molecule has 1 aliphatic heterocycles. The Balaban J connectivity index is 1.85. The van der Waals surface area contributed by atoms with E-state index in [4.69, 9.17) is 4.74 Å². The number of esters is 1. The molecule has 1 heterocycles. The first-order valence-corrected chi connectivity index (χ1v) is 10.4. The number of ether oxygens (including phenoxy) is 1. The Morgan fingerprint density at radius 2 is 1.60 bits per heavy atom. The third-order valence-corrected chi connectivity index (χ3v) is 5.20. The zero-order chi connectivity index (χ0) is 21.7. The van der Waals surface area contributed by atoms with E-state index >= 15 is 0 Å². The molecule has 1 unspecified atom stereocenters. The first-order valence-electron chi connectivity index (χ1n) is 10.4. The minimum atomic E-state index is -0.637. The molecule has 1 saturated heterocycles. The van der Waals surface area contributed by atoms with Gasteiger partial charge in [-0.2, -0.15) is 0 Å². The van der Waals surface area contributed by atoms with Crippen molar-refractivity contribution in [2.24, 2.45) is 0 Å². The van der Waals surface area contributed by atoms with E-state index in [2.05, 4.69) is 0 Å². The van der Waals surface area contributed by atoms with E-state index in [0.717, 1.165) is 12.0 Å². The minimum absolute atomic E-state index is 0.0599. The maximum absolute atomic E-state index is 13.6. The molecule has 1 amide bonds. The maximum atomic E-state index is 13.6. The predicted octanol–water partition coefficient (Wildman–Crippen LogP) is 4.38. The fourth-order valence-electron chi connectivity index (χ4n) is 3.81. The van der Waals surface area contributed by atoms with Crippen LogP contribution in [-0.4, -0.2) is 40.7 Å². The smallest absolute Gasteiger partial charge is 0.329 e. The van der Waals surface area contributed by atoms with E-state index in [1.807, 2.05) is 69.3 Å². The normalized spacial score (nSPS) is 17.4. The molecule has 30 heavy (non-hydrogen) atoms. The van der Waals surface area contributed by atoms with Crippen molar-refractivity contribution >= 4 is 17.7 Å². The van der Waals surface area contributed by atoms with Gasteiger partial charge in [0.15, 0.2) is 5.78 Å². The van der Waals surface area contributed by atoms with Crippen LogP contribution in [0, 0.1) is 0 Å². The van der Waals surface area contributed by atoms with Gasteiger partial charge in [-0.3, -0.25) is 9.59 Å². The summed E-state index contributed by atoms with van der Waals surface area (Å²) in [6, 6.07) is 17.7. The SMILES string of the molecule is CC(C)(C)OC(=O)[C@@H]1CCCN1C(=O)C(CC(=O)c1ccccc1)c1ccccc1. The lowest BCUT2D eigenvalue weighted by Gasteiger charge is -2.30. The van der Waals surface area contributed by atoms with Gasteiger partial charge >= 0.3 is 5.97 Å². The van der Waals surface area contributed by atoms with Crippen molar-refractivity contribution in [2.75, 3.05) is 6.54 Å². The average molecular weight is 408 g/mol. The summed E-state index contributed by atoms with van der Waals surface area (Å²) in [4.78, 5) is 40.7. The molecule has 2 atom stereocenters. The number of amides is 1. The predicted molar refractivity (Wildman–Crippen MR) is 115 cm³/mol. The highest BCUT2D eigenvalue weighted by atomic mass is 16.6. The second kappa shape index (κ2) is 9.24. The molecule has 0 radical (unpaired) electrons. The van der Waals surface area contributed by atoms with Gasteiger partial charge in [-0.05, 0) is 39.2 Å². The number of Topliss-reactive ketones (excluding diaryl/α,β-unsaturated/α-hetero) is 1. The molecule has 0 spiro atoms. The number of carbonyl (C=O) groups is 3. The van der Waals surface area contributed by atoms with E-state index in [0.29, 0.717) is 18.5 Å². The molecule has 1 aliphatic rings. The van der Waals surface area contributed by atoms with Crippen molar-refractivity contribution in [2.45, 2.75) is 57.6 Å². The van der Waals surface area contributed by atoms with Crippen molar-refractivity contribution < 1.29 is 19.1 Å². The Morgan fingerprint density at radius 1 is 1.00 bits per heavy atom. The summed E-state index contributed by atoms with van der Waals surface area (Å²) in [7, 11) is 0. The number of likely N-dealkylation sites (tertiary alicyclic amines) is 1. The molecule has 0 aromatic heterocycles. The molecule has 2 aromatic rings. The van der Waals surface area contributed by atoms with Crippen LogP contribution in [0.4, 0.5) is 0 Å². The van der Waals surface area contributed by atoms with Crippen LogP contribution in [0.25, 0.3) is 0 Å².